The zero-order valence-corrected chi connectivity index (χ0v) is 9.95. The Hall–Kier alpha value is -2.43. The molecule has 0 saturated carbocycles. The van der Waals surface area contributed by atoms with Crippen LogP contribution >= 0.6 is 0 Å². The summed E-state index contributed by atoms with van der Waals surface area (Å²) in [6, 6.07) is 5.29. The number of carboxylic acids is 1. The van der Waals surface area contributed by atoms with Crippen molar-refractivity contribution in [2.45, 2.75) is 6.54 Å². The second-order valence-corrected chi connectivity index (χ2v) is 3.91. The molecule has 2 heterocycles. The van der Waals surface area contributed by atoms with Gasteiger partial charge in [0.25, 0.3) is 0 Å². The Kier molecular flexibility index (Phi) is 3.52. The highest BCUT2D eigenvalue weighted by Crippen LogP contribution is 2.19. The van der Waals surface area contributed by atoms with Gasteiger partial charge >= 0.3 is 5.97 Å². The smallest absolute Gasteiger partial charge is 0.337 e. The first-order chi connectivity index (χ1) is 8.68. The number of rotatable bonds is 4. The molecule has 0 aromatic carbocycles. The average molecular weight is 243 g/mol. The zero-order chi connectivity index (χ0) is 13.0. The molecule has 5 heteroatoms. The number of carboxylic acid groups (broad SMARTS) is 1. The molecular weight excluding hydrogens is 230 g/mol. The molecule has 2 aromatic heterocycles. The molecule has 2 aromatic rings. The van der Waals surface area contributed by atoms with Gasteiger partial charge in [-0.3, -0.25) is 9.97 Å². The summed E-state index contributed by atoms with van der Waals surface area (Å²) >= 11 is 0. The molecule has 1 N–H and O–H groups in total. The second-order valence-electron chi connectivity index (χ2n) is 3.91. The quantitative estimate of drug-likeness (QED) is 0.887. The Morgan fingerprint density at radius 1 is 1.22 bits per heavy atom. The van der Waals surface area contributed by atoms with Gasteiger partial charge < -0.3 is 10.0 Å². The lowest BCUT2D eigenvalue weighted by Crippen LogP contribution is -2.19. The molecule has 0 bridgehead atoms. The van der Waals surface area contributed by atoms with Gasteiger partial charge in [0.2, 0.25) is 0 Å². The average Bonchev–Trinajstić information content (AvgIpc) is 2.40. The van der Waals surface area contributed by atoms with Crippen LogP contribution in [-0.4, -0.2) is 28.1 Å². The Morgan fingerprint density at radius 3 is 2.56 bits per heavy atom. The van der Waals surface area contributed by atoms with Gasteiger partial charge in [0.15, 0.2) is 0 Å². The van der Waals surface area contributed by atoms with Gasteiger partial charge in [-0.2, -0.15) is 0 Å². The van der Waals surface area contributed by atoms with Crippen molar-refractivity contribution in [3.05, 3.63) is 54.1 Å². The molecule has 0 saturated heterocycles. The van der Waals surface area contributed by atoms with Crippen LogP contribution in [-0.2, 0) is 6.54 Å². The fourth-order valence-corrected chi connectivity index (χ4v) is 1.72. The number of aromatic carboxylic acids is 1. The molecule has 0 aliphatic rings. The maximum atomic E-state index is 11.1. The minimum absolute atomic E-state index is 0.251. The molecule has 18 heavy (non-hydrogen) atoms. The van der Waals surface area contributed by atoms with E-state index in [4.69, 9.17) is 5.11 Å². The van der Waals surface area contributed by atoms with Gasteiger partial charge in [-0.05, 0) is 23.8 Å². The molecule has 0 atom stereocenters. The van der Waals surface area contributed by atoms with Gasteiger partial charge in [-0.15, -0.1) is 0 Å². The molecule has 0 aliphatic carbocycles. The van der Waals surface area contributed by atoms with Crippen LogP contribution in [0.25, 0.3) is 0 Å². The molecule has 0 aliphatic heterocycles. The van der Waals surface area contributed by atoms with Crippen LogP contribution in [0.1, 0.15) is 15.9 Å². The van der Waals surface area contributed by atoms with Crippen molar-refractivity contribution >= 4 is 11.7 Å². The highest BCUT2D eigenvalue weighted by molar-refractivity contribution is 5.94. The number of pyridine rings is 2. The van der Waals surface area contributed by atoms with E-state index >= 15 is 0 Å². The Morgan fingerprint density at radius 2 is 1.89 bits per heavy atom. The molecular formula is C13H13N3O2. The van der Waals surface area contributed by atoms with Crippen LogP contribution in [0.3, 0.4) is 0 Å². The first-order valence-corrected chi connectivity index (χ1v) is 5.46. The van der Waals surface area contributed by atoms with Crippen LogP contribution in [0.4, 0.5) is 5.69 Å². The summed E-state index contributed by atoms with van der Waals surface area (Å²) in [5.41, 5.74) is 1.91. The van der Waals surface area contributed by atoms with Crippen molar-refractivity contribution in [3.63, 3.8) is 0 Å². The number of nitrogens with zero attached hydrogens (tertiary/aromatic N) is 3. The van der Waals surface area contributed by atoms with Gasteiger partial charge in [0, 0.05) is 32.2 Å². The zero-order valence-electron chi connectivity index (χ0n) is 9.95. The summed E-state index contributed by atoms with van der Waals surface area (Å²) < 4.78 is 0. The third-order valence-electron chi connectivity index (χ3n) is 2.61. The largest absolute Gasteiger partial charge is 0.478 e. The monoisotopic (exact) mass is 243 g/mol. The predicted molar refractivity (Wildman–Crippen MR) is 67.5 cm³/mol. The van der Waals surface area contributed by atoms with E-state index in [0.29, 0.717) is 12.2 Å². The van der Waals surface area contributed by atoms with E-state index in [9.17, 15) is 4.79 Å². The predicted octanol–water partition coefficient (Wildman–Crippen LogP) is 1.81. The first kappa shape index (κ1) is 12.0. The maximum Gasteiger partial charge on any atom is 0.337 e. The van der Waals surface area contributed by atoms with Gasteiger partial charge in [-0.1, -0.05) is 0 Å². The molecule has 2 rings (SSSR count). The minimum Gasteiger partial charge on any atom is -0.478 e. The Labute approximate surface area is 105 Å². The van der Waals surface area contributed by atoms with E-state index in [0.717, 1.165) is 5.56 Å². The lowest BCUT2D eigenvalue weighted by atomic mass is 10.2. The number of carbonyl (C=O) groups is 1. The number of hydrogen-bond donors (Lipinski definition) is 1. The van der Waals surface area contributed by atoms with Crippen LogP contribution in [0.15, 0.2) is 43.0 Å². The highest BCUT2D eigenvalue weighted by Gasteiger charge is 2.13. The van der Waals surface area contributed by atoms with Gasteiger partial charge in [0.1, 0.15) is 0 Å². The SMILES string of the molecule is CN(Cc1ccncc1)c1cnccc1C(=O)O. The van der Waals surface area contributed by atoms with E-state index in [1.54, 1.807) is 18.6 Å². The molecule has 0 amide bonds. The number of hydrogen-bond acceptors (Lipinski definition) is 4. The third kappa shape index (κ3) is 2.63. The van der Waals surface area contributed by atoms with Gasteiger partial charge in [0.05, 0.1) is 17.4 Å². The van der Waals surface area contributed by atoms with Crippen molar-refractivity contribution in [2.24, 2.45) is 0 Å². The van der Waals surface area contributed by atoms with Crippen molar-refractivity contribution in [3.8, 4) is 0 Å². The number of anilines is 1. The van der Waals surface area contributed by atoms with E-state index in [2.05, 4.69) is 9.97 Å². The lowest BCUT2D eigenvalue weighted by Gasteiger charge is -2.20. The van der Waals surface area contributed by atoms with E-state index in [-0.39, 0.29) is 5.56 Å². The Bertz CT molecular complexity index is 543. The van der Waals surface area contributed by atoms with Gasteiger partial charge in [-0.25, -0.2) is 4.79 Å². The summed E-state index contributed by atoms with van der Waals surface area (Å²) in [7, 11) is 1.84. The van der Waals surface area contributed by atoms with Crippen LogP contribution in [0.2, 0.25) is 0 Å². The highest BCUT2D eigenvalue weighted by atomic mass is 16.4. The Balaban J connectivity index is 2.24. The van der Waals surface area contributed by atoms with E-state index in [1.807, 2.05) is 24.1 Å². The van der Waals surface area contributed by atoms with Crippen molar-refractivity contribution in [1.29, 1.82) is 0 Å². The van der Waals surface area contributed by atoms with E-state index < -0.39 is 5.97 Å². The topological polar surface area (TPSA) is 66.3 Å². The first-order valence-electron chi connectivity index (χ1n) is 5.46. The normalized spacial score (nSPS) is 10.1. The summed E-state index contributed by atoms with van der Waals surface area (Å²) in [5, 5.41) is 9.12. The van der Waals surface area contributed by atoms with Crippen LogP contribution in [0.5, 0.6) is 0 Å². The molecule has 0 fully saturated rings. The van der Waals surface area contributed by atoms with Crippen molar-refractivity contribution in [2.75, 3.05) is 11.9 Å². The van der Waals surface area contributed by atoms with E-state index in [1.165, 1.54) is 12.3 Å². The fraction of sp³-hybridized carbons (Fsp3) is 0.154. The summed E-state index contributed by atoms with van der Waals surface area (Å²) in [4.78, 5) is 20.9. The summed E-state index contributed by atoms with van der Waals surface area (Å²) in [5.74, 6) is -0.950. The van der Waals surface area contributed by atoms with Crippen molar-refractivity contribution in [1.82, 2.24) is 9.97 Å². The molecule has 5 nitrogen and oxygen atoms in total. The maximum absolute atomic E-state index is 11.1. The minimum atomic E-state index is -0.950. The molecule has 0 spiro atoms. The van der Waals surface area contributed by atoms with Crippen LogP contribution < -0.4 is 4.90 Å². The summed E-state index contributed by atoms with van der Waals surface area (Å²) in [6.07, 6.45) is 6.47. The fourth-order valence-electron chi connectivity index (χ4n) is 1.72. The second kappa shape index (κ2) is 5.27. The number of aromatic nitrogens is 2. The molecule has 92 valence electrons. The standard InChI is InChI=1S/C13H13N3O2/c1-16(9-10-2-5-14-6-3-10)12-8-15-7-4-11(12)13(17)18/h2-8H,9H2,1H3,(H,17,18). The molecule has 0 radical (unpaired) electrons. The van der Waals surface area contributed by atoms with Crippen molar-refractivity contribution < 1.29 is 9.90 Å². The molecule has 0 unspecified atom stereocenters. The third-order valence-corrected chi connectivity index (χ3v) is 2.61. The lowest BCUT2D eigenvalue weighted by molar-refractivity contribution is 0.0697. The van der Waals surface area contributed by atoms with Crippen LogP contribution in [0, 0.1) is 0 Å². The summed E-state index contributed by atoms with van der Waals surface area (Å²) in [6.45, 7) is 0.606.